The van der Waals surface area contributed by atoms with Gasteiger partial charge in [-0.15, -0.1) is 0 Å². The molecule has 4 rings (SSSR count). The summed E-state index contributed by atoms with van der Waals surface area (Å²) in [7, 11) is 1.58. The zero-order valence-corrected chi connectivity index (χ0v) is 15.7. The van der Waals surface area contributed by atoms with E-state index in [1.807, 2.05) is 13.0 Å². The lowest BCUT2D eigenvalue weighted by Crippen LogP contribution is -2.31. The number of carbonyl (C=O) groups is 1. The van der Waals surface area contributed by atoms with Crippen LogP contribution in [0.15, 0.2) is 51.7 Å². The average molecular weight is 381 g/mol. The molecule has 0 aliphatic carbocycles. The molecule has 3 aromatic rings. The number of amides is 1. The third kappa shape index (κ3) is 2.90. The van der Waals surface area contributed by atoms with Gasteiger partial charge < -0.3 is 14.1 Å². The molecule has 1 amide bonds. The van der Waals surface area contributed by atoms with E-state index in [0.29, 0.717) is 30.5 Å². The van der Waals surface area contributed by atoms with Gasteiger partial charge in [0, 0.05) is 25.8 Å². The van der Waals surface area contributed by atoms with Crippen molar-refractivity contribution in [3.63, 3.8) is 0 Å². The quantitative estimate of drug-likeness (QED) is 0.631. The fraction of sp³-hybridized carbons (Fsp3) is 0.273. The first-order valence-electron chi connectivity index (χ1n) is 9.14. The summed E-state index contributed by atoms with van der Waals surface area (Å²) in [6.45, 7) is 2.65. The Morgan fingerprint density at radius 2 is 1.96 bits per heavy atom. The van der Waals surface area contributed by atoms with Gasteiger partial charge >= 0.3 is 0 Å². The van der Waals surface area contributed by atoms with Crippen molar-refractivity contribution in [2.45, 2.75) is 19.4 Å². The number of aryl methyl sites for hydroxylation is 1. The first kappa shape index (κ1) is 18.4. The van der Waals surface area contributed by atoms with Crippen LogP contribution in [0.5, 0.6) is 0 Å². The topological polar surface area (TPSA) is 59.8 Å². The number of methoxy groups -OCH3 is 1. The van der Waals surface area contributed by atoms with E-state index in [2.05, 4.69) is 0 Å². The van der Waals surface area contributed by atoms with Crippen molar-refractivity contribution in [1.29, 1.82) is 0 Å². The summed E-state index contributed by atoms with van der Waals surface area (Å²) in [4.78, 5) is 27.9. The van der Waals surface area contributed by atoms with E-state index in [0.717, 1.165) is 5.56 Å². The SMILES string of the molecule is COCCCN1C(=O)c2oc3ccc(C)cc3c(=O)c2C1c1ccccc1F. The second kappa shape index (κ2) is 7.20. The zero-order chi connectivity index (χ0) is 19.8. The molecule has 1 aromatic heterocycles. The Morgan fingerprint density at radius 3 is 2.71 bits per heavy atom. The second-order valence-electron chi connectivity index (χ2n) is 6.94. The minimum Gasteiger partial charge on any atom is -0.450 e. The highest BCUT2D eigenvalue weighted by atomic mass is 19.1. The molecule has 2 aromatic carbocycles. The number of carbonyl (C=O) groups excluding carboxylic acids is 1. The molecule has 144 valence electrons. The van der Waals surface area contributed by atoms with Gasteiger partial charge in [-0.2, -0.15) is 0 Å². The van der Waals surface area contributed by atoms with Crippen molar-refractivity contribution in [2.24, 2.45) is 0 Å². The number of hydrogen-bond acceptors (Lipinski definition) is 4. The highest BCUT2D eigenvalue weighted by Gasteiger charge is 2.43. The molecule has 5 nitrogen and oxygen atoms in total. The Labute approximate surface area is 161 Å². The highest BCUT2D eigenvalue weighted by Crippen LogP contribution is 2.39. The fourth-order valence-corrected chi connectivity index (χ4v) is 3.76. The van der Waals surface area contributed by atoms with E-state index in [1.54, 1.807) is 37.4 Å². The Morgan fingerprint density at radius 1 is 1.18 bits per heavy atom. The number of hydrogen-bond donors (Lipinski definition) is 0. The summed E-state index contributed by atoms with van der Waals surface area (Å²) >= 11 is 0. The summed E-state index contributed by atoms with van der Waals surface area (Å²) in [5.41, 5.74) is 1.45. The maximum atomic E-state index is 14.6. The number of ether oxygens (including phenoxy) is 1. The van der Waals surface area contributed by atoms with E-state index in [1.165, 1.54) is 11.0 Å². The van der Waals surface area contributed by atoms with Crippen LogP contribution in [0.2, 0.25) is 0 Å². The number of nitrogens with zero attached hydrogens (tertiary/aromatic N) is 1. The molecule has 1 atom stereocenters. The van der Waals surface area contributed by atoms with Crippen molar-refractivity contribution >= 4 is 16.9 Å². The largest absolute Gasteiger partial charge is 0.450 e. The molecule has 0 N–H and O–H groups in total. The summed E-state index contributed by atoms with van der Waals surface area (Å²) < 4.78 is 25.6. The van der Waals surface area contributed by atoms with Crippen molar-refractivity contribution in [3.8, 4) is 0 Å². The molecule has 0 saturated carbocycles. The van der Waals surface area contributed by atoms with Gasteiger partial charge in [0.15, 0.2) is 5.43 Å². The Hall–Kier alpha value is -2.99. The third-order valence-electron chi connectivity index (χ3n) is 5.07. The van der Waals surface area contributed by atoms with E-state index in [9.17, 15) is 14.0 Å². The molecular formula is C22H20FNO4. The molecule has 0 fully saturated rings. The first-order valence-corrected chi connectivity index (χ1v) is 9.14. The van der Waals surface area contributed by atoms with Crippen LogP contribution in [0.4, 0.5) is 4.39 Å². The normalized spacial score (nSPS) is 16.0. The van der Waals surface area contributed by atoms with Gasteiger partial charge in [-0.05, 0) is 31.5 Å². The molecule has 0 spiro atoms. The molecule has 28 heavy (non-hydrogen) atoms. The maximum absolute atomic E-state index is 14.6. The third-order valence-corrected chi connectivity index (χ3v) is 5.07. The summed E-state index contributed by atoms with van der Waals surface area (Å²) in [6, 6.07) is 10.6. The van der Waals surface area contributed by atoms with Crippen LogP contribution in [0, 0.1) is 12.7 Å². The van der Waals surface area contributed by atoms with Crippen LogP contribution in [0.1, 0.15) is 39.7 Å². The maximum Gasteiger partial charge on any atom is 0.290 e. The molecule has 0 radical (unpaired) electrons. The Bertz CT molecular complexity index is 1120. The zero-order valence-electron chi connectivity index (χ0n) is 15.7. The Balaban J connectivity index is 1.95. The average Bonchev–Trinajstić information content (AvgIpc) is 2.96. The van der Waals surface area contributed by atoms with Gasteiger partial charge in [0.2, 0.25) is 5.76 Å². The molecular weight excluding hydrogens is 361 g/mol. The summed E-state index contributed by atoms with van der Waals surface area (Å²) in [6.07, 6.45) is 0.563. The van der Waals surface area contributed by atoms with Crippen LogP contribution in [0.3, 0.4) is 0 Å². The molecule has 6 heteroatoms. The van der Waals surface area contributed by atoms with Crippen molar-refractivity contribution in [3.05, 3.63) is 81.0 Å². The standard InChI is InChI=1S/C22H20FNO4/c1-13-8-9-17-15(12-13)20(25)18-19(14-6-3-4-7-16(14)23)24(10-5-11-27-2)22(26)21(18)28-17/h3-4,6-9,12,19H,5,10-11H2,1-2H3. The smallest absolute Gasteiger partial charge is 0.290 e. The van der Waals surface area contributed by atoms with Gasteiger partial charge in [0.05, 0.1) is 17.0 Å². The number of benzene rings is 2. The monoisotopic (exact) mass is 381 g/mol. The lowest BCUT2D eigenvalue weighted by atomic mass is 9.97. The van der Waals surface area contributed by atoms with Crippen LogP contribution in [-0.4, -0.2) is 31.1 Å². The highest BCUT2D eigenvalue weighted by molar-refractivity contribution is 5.99. The summed E-state index contributed by atoms with van der Waals surface area (Å²) in [5.74, 6) is -0.875. The summed E-state index contributed by atoms with van der Waals surface area (Å²) in [5, 5.41) is 0.395. The van der Waals surface area contributed by atoms with Gasteiger partial charge in [0.25, 0.3) is 5.91 Å². The van der Waals surface area contributed by atoms with Crippen molar-refractivity contribution < 1.29 is 18.3 Å². The molecule has 0 saturated heterocycles. The minimum atomic E-state index is -0.818. The van der Waals surface area contributed by atoms with E-state index < -0.39 is 17.8 Å². The molecule has 1 aliphatic heterocycles. The van der Waals surface area contributed by atoms with Crippen molar-refractivity contribution in [2.75, 3.05) is 20.3 Å². The predicted molar refractivity (Wildman–Crippen MR) is 103 cm³/mol. The number of rotatable bonds is 5. The van der Waals surface area contributed by atoms with E-state index in [4.69, 9.17) is 9.15 Å². The molecule has 0 bridgehead atoms. The van der Waals surface area contributed by atoms with Gasteiger partial charge in [0.1, 0.15) is 11.4 Å². The molecule has 1 unspecified atom stereocenters. The number of fused-ring (bicyclic) bond motifs is 2. The van der Waals surface area contributed by atoms with Crippen LogP contribution >= 0.6 is 0 Å². The number of halogens is 1. The van der Waals surface area contributed by atoms with Gasteiger partial charge in [-0.25, -0.2) is 4.39 Å². The Kier molecular flexibility index (Phi) is 4.73. The fourth-order valence-electron chi connectivity index (χ4n) is 3.76. The van der Waals surface area contributed by atoms with Crippen molar-refractivity contribution in [1.82, 2.24) is 4.90 Å². The van der Waals surface area contributed by atoms with Crippen LogP contribution in [0.25, 0.3) is 11.0 Å². The minimum absolute atomic E-state index is 0.00739. The van der Waals surface area contributed by atoms with Gasteiger partial charge in [-0.1, -0.05) is 29.8 Å². The van der Waals surface area contributed by atoms with E-state index in [-0.39, 0.29) is 22.3 Å². The van der Waals surface area contributed by atoms with E-state index >= 15 is 0 Å². The predicted octanol–water partition coefficient (Wildman–Crippen LogP) is 3.82. The first-order chi connectivity index (χ1) is 13.5. The lowest BCUT2D eigenvalue weighted by Gasteiger charge is -2.25. The molecule has 1 aliphatic rings. The lowest BCUT2D eigenvalue weighted by molar-refractivity contribution is 0.0706. The van der Waals surface area contributed by atoms with Gasteiger partial charge in [-0.3, -0.25) is 9.59 Å². The van der Waals surface area contributed by atoms with Crippen LogP contribution in [-0.2, 0) is 4.74 Å². The molecule has 2 heterocycles. The van der Waals surface area contributed by atoms with Crippen LogP contribution < -0.4 is 5.43 Å². The second-order valence-corrected chi connectivity index (χ2v) is 6.94.